The fraction of sp³-hybridized carbons (Fsp3) is 0.333. The number of imide groups is 2. The van der Waals surface area contributed by atoms with Crippen LogP contribution >= 0.6 is 0 Å². The van der Waals surface area contributed by atoms with Crippen LogP contribution in [0.5, 0.6) is 0 Å². The Hall–Kier alpha value is -2.50. The summed E-state index contributed by atoms with van der Waals surface area (Å²) in [5.74, 6) is -1.40. The molecule has 0 unspecified atom stereocenters. The maximum Gasteiger partial charge on any atom is 0.334 e. The number of urea groups is 1. The Bertz CT molecular complexity index is 610. The van der Waals surface area contributed by atoms with Gasteiger partial charge in [-0.3, -0.25) is 19.5 Å². The molecule has 6 heteroatoms. The van der Waals surface area contributed by atoms with Gasteiger partial charge in [0.1, 0.15) is 0 Å². The van der Waals surface area contributed by atoms with Gasteiger partial charge in [0, 0.05) is 12.2 Å². The Morgan fingerprint density at radius 2 is 1.86 bits per heavy atom. The molecule has 0 aliphatic carbocycles. The monoisotopic (exact) mass is 287 g/mol. The summed E-state index contributed by atoms with van der Waals surface area (Å²) in [4.78, 5) is 41.9. The van der Waals surface area contributed by atoms with Crippen LogP contribution in [0.4, 0.5) is 4.79 Å². The number of rotatable bonds is 5. The molecule has 1 aliphatic heterocycles. The summed E-state index contributed by atoms with van der Waals surface area (Å²) in [7, 11) is 0. The summed E-state index contributed by atoms with van der Waals surface area (Å²) in [5.41, 5.74) is 1.46. The van der Waals surface area contributed by atoms with Gasteiger partial charge in [-0.1, -0.05) is 26.0 Å². The Balaban J connectivity index is 2.21. The second-order valence-electron chi connectivity index (χ2n) is 5.09. The van der Waals surface area contributed by atoms with E-state index in [1.54, 1.807) is 6.07 Å². The molecule has 1 saturated heterocycles. The van der Waals surface area contributed by atoms with Crippen molar-refractivity contribution in [3.8, 4) is 0 Å². The molecule has 21 heavy (non-hydrogen) atoms. The van der Waals surface area contributed by atoms with Crippen LogP contribution in [0.25, 0.3) is 0 Å². The second kappa shape index (κ2) is 5.87. The molecule has 110 valence electrons. The van der Waals surface area contributed by atoms with E-state index in [9.17, 15) is 14.4 Å². The van der Waals surface area contributed by atoms with E-state index >= 15 is 0 Å². The van der Waals surface area contributed by atoms with Gasteiger partial charge >= 0.3 is 17.8 Å². The largest absolute Gasteiger partial charge is 0.334 e. The highest BCUT2D eigenvalue weighted by Crippen LogP contribution is 2.17. The van der Waals surface area contributed by atoms with E-state index in [1.807, 2.05) is 26.0 Å². The predicted molar refractivity (Wildman–Crippen MR) is 76.2 cm³/mol. The molecule has 1 aliphatic rings. The molecular weight excluding hydrogens is 270 g/mol. The van der Waals surface area contributed by atoms with E-state index in [-0.39, 0.29) is 19.0 Å². The molecule has 0 radical (unpaired) electrons. The number of nitrogens with zero attached hydrogens (tertiary/aromatic N) is 3. The number of pyridine rings is 1. The van der Waals surface area contributed by atoms with Gasteiger partial charge in [0.15, 0.2) is 0 Å². The lowest BCUT2D eigenvalue weighted by Gasteiger charge is -2.14. The molecule has 0 bridgehead atoms. The highest BCUT2D eigenvalue weighted by atomic mass is 16.2. The van der Waals surface area contributed by atoms with Crippen molar-refractivity contribution in [3.05, 3.63) is 42.2 Å². The second-order valence-corrected chi connectivity index (χ2v) is 5.09. The van der Waals surface area contributed by atoms with Crippen molar-refractivity contribution in [3.63, 3.8) is 0 Å². The molecule has 1 aromatic heterocycles. The zero-order chi connectivity index (χ0) is 15.6. The van der Waals surface area contributed by atoms with Crippen LogP contribution in [-0.4, -0.2) is 39.2 Å². The zero-order valence-corrected chi connectivity index (χ0v) is 12.1. The van der Waals surface area contributed by atoms with Crippen LogP contribution < -0.4 is 0 Å². The number of hydrogen-bond acceptors (Lipinski definition) is 4. The van der Waals surface area contributed by atoms with E-state index in [2.05, 4.69) is 11.6 Å². The smallest absolute Gasteiger partial charge is 0.263 e. The molecule has 6 nitrogen and oxygen atoms in total. The van der Waals surface area contributed by atoms with E-state index in [1.165, 1.54) is 6.08 Å². The molecule has 1 aromatic rings. The molecular formula is C15H17N3O3. The van der Waals surface area contributed by atoms with Gasteiger partial charge in [-0.15, -0.1) is 6.58 Å². The molecule has 0 aromatic carbocycles. The first-order chi connectivity index (χ1) is 9.95. The first-order valence-corrected chi connectivity index (χ1v) is 6.69. The highest BCUT2D eigenvalue weighted by Gasteiger charge is 2.43. The fourth-order valence-corrected chi connectivity index (χ4v) is 2.05. The topological polar surface area (TPSA) is 70.6 Å². The summed E-state index contributed by atoms with van der Waals surface area (Å²) < 4.78 is 0. The average molecular weight is 287 g/mol. The van der Waals surface area contributed by atoms with Gasteiger partial charge in [0.25, 0.3) is 0 Å². The Kier molecular flexibility index (Phi) is 4.16. The van der Waals surface area contributed by atoms with E-state index < -0.39 is 17.8 Å². The number of amides is 4. The maximum absolute atomic E-state index is 12.1. The van der Waals surface area contributed by atoms with Gasteiger partial charge in [0.2, 0.25) is 0 Å². The summed E-state index contributed by atoms with van der Waals surface area (Å²) in [6.07, 6.45) is 1.41. The normalized spacial score (nSPS) is 15.3. The molecule has 2 heterocycles. The molecule has 0 N–H and O–H groups in total. The minimum absolute atomic E-state index is 0.00237. The van der Waals surface area contributed by atoms with Gasteiger partial charge in [0.05, 0.1) is 12.2 Å². The minimum Gasteiger partial charge on any atom is -0.263 e. The van der Waals surface area contributed by atoms with Crippen molar-refractivity contribution in [2.24, 2.45) is 0 Å². The third-order valence-corrected chi connectivity index (χ3v) is 3.19. The third kappa shape index (κ3) is 2.84. The standard InChI is InChI=1S/C15H17N3O3/c1-4-8-17-13(19)14(20)18(15(17)21)9-11-6-5-7-12(16-11)10(2)3/h4-7,10H,1,8-9H2,2-3H3. The highest BCUT2D eigenvalue weighted by molar-refractivity contribution is 6.44. The van der Waals surface area contributed by atoms with Crippen molar-refractivity contribution in [1.29, 1.82) is 0 Å². The van der Waals surface area contributed by atoms with Crippen molar-refractivity contribution >= 4 is 17.8 Å². The summed E-state index contributed by atoms with van der Waals surface area (Å²) in [5, 5.41) is 0. The van der Waals surface area contributed by atoms with Gasteiger partial charge in [-0.05, 0) is 18.1 Å². The summed E-state index contributed by atoms with van der Waals surface area (Å²) in [6, 6.07) is 4.82. The molecule has 2 rings (SSSR count). The molecule has 0 saturated carbocycles. The van der Waals surface area contributed by atoms with Crippen LogP contribution in [0, 0.1) is 0 Å². The average Bonchev–Trinajstić information content (AvgIpc) is 2.66. The lowest BCUT2D eigenvalue weighted by atomic mass is 10.1. The quantitative estimate of drug-likeness (QED) is 0.469. The fourth-order valence-electron chi connectivity index (χ4n) is 2.05. The van der Waals surface area contributed by atoms with Gasteiger partial charge < -0.3 is 0 Å². The lowest BCUT2D eigenvalue weighted by molar-refractivity contribution is -0.143. The van der Waals surface area contributed by atoms with Crippen molar-refractivity contribution in [2.75, 3.05) is 6.54 Å². The Morgan fingerprint density at radius 1 is 1.19 bits per heavy atom. The SMILES string of the molecule is C=CCN1C(=O)C(=O)N(Cc2cccc(C(C)C)n2)C1=O. The first kappa shape index (κ1) is 14.9. The Labute approximate surface area is 123 Å². The molecule has 0 atom stereocenters. The van der Waals surface area contributed by atoms with E-state index in [0.29, 0.717) is 5.69 Å². The number of aromatic nitrogens is 1. The number of carbonyl (C=O) groups excluding carboxylic acids is 3. The van der Waals surface area contributed by atoms with Crippen LogP contribution in [0.3, 0.4) is 0 Å². The van der Waals surface area contributed by atoms with E-state index in [4.69, 9.17) is 0 Å². The molecule has 4 amide bonds. The lowest BCUT2D eigenvalue weighted by Crippen LogP contribution is -2.33. The zero-order valence-electron chi connectivity index (χ0n) is 12.1. The number of hydrogen-bond donors (Lipinski definition) is 0. The Morgan fingerprint density at radius 3 is 2.48 bits per heavy atom. The third-order valence-electron chi connectivity index (χ3n) is 3.19. The van der Waals surface area contributed by atoms with Crippen LogP contribution in [0.2, 0.25) is 0 Å². The summed E-state index contributed by atoms with van der Waals surface area (Å²) >= 11 is 0. The van der Waals surface area contributed by atoms with E-state index in [0.717, 1.165) is 15.5 Å². The van der Waals surface area contributed by atoms with Crippen molar-refractivity contribution < 1.29 is 14.4 Å². The van der Waals surface area contributed by atoms with Crippen LogP contribution in [0.1, 0.15) is 31.2 Å². The number of carbonyl (C=O) groups is 3. The van der Waals surface area contributed by atoms with Crippen LogP contribution in [0.15, 0.2) is 30.9 Å². The van der Waals surface area contributed by atoms with Crippen molar-refractivity contribution in [2.45, 2.75) is 26.3 Å². The maximum atomic E-state index is 12.1. The van der Waals surface area contributed by atoms with Crippen molar-refractivity contribution in [1.82, 2.24) is 14.8 Å². The first-order valence-electron chi connectivity index (χ1n) is 6.69. The minimum atomic E-state index is -0.821. The van der Waals surface area contributed by atoms with Gasteiger partial charge in [-0.25, -0.2) is 9.69 Å². The van der Waals surface area contributed by atoms with Gasteiger partial charge in [-0.2, -0.15) is 0 Å². The summed E-state index contributed by atoms with van der Waals surface area (Å²) in [6.45, 7) is 7.51. The van der Waals surface area contributed by atoms with Crippen LogP contribution in [-0.2, 0) is 16.1 Å². The predicted octanol–water partition coefficient (Wildman–Crippen LogP) is 1.68. The molecule has 0 spiro atoms. The molecule has 1 fully saturated rings.